The van der Waals surface area contributed by atoms with E-state index in [0.29, 0.717) is 43.1 Å². The van der Waals surface area contributed by atoms with Crippen LogP contribution in [0.2, 0.25) is 0 Å². The van der Waals surface area contributed by atoms with Crippen molar-refractivity contribution in [2.24, 2.45) is 11.8 Å². The summed E-state index contributed by atoms with van der Waals surface area (Å²) in [6.07, 6.45) is 37.6. The molecule has 5 atom stereocenters. The number of esters is 2. The highest BCUT2D eigenvalue weighted by atomic mass is 31.2. The second kappa shape index (κ2) is 35.1. The van der Waals surface area contributed by atoms with Gasteiger partial charge in [0.15, 0.2) is 11.9 Å². The Kier molecular flexibility index (Phi) is 32.5. The number of rotatable bonds is 39. The molecule has 11 nitrogen and oxygen atoms in total. The second-order valence-electron chi connectivity index (χ2n) is 17.4. The van der Waals surface area contributed by atoms with Crippen molar-refractivity contribution in [2.45, 2.75) is 180 Å². The van der Waals surface area contributed by atoms with Gasteiger partial charge in [-0.1, -0.05) is 140 Å². The van der Waals surface area contributed by atoms with Crippen LogP contribution in [0.25, 0.3) is 0 Å². The molecule has 60 heavy (non-hydrogen) atoms. The Hall–Kier alpha value is -2.40. The van der Waals surface area contributed by atoms with Gasteiger partial charge < -0.3 is 33.0 Å². The molecule has 0 aromatic heterocycles. The Labute approximate surface area is 364 Å². The van der Waals surface area contributed by atoms with Gasteiger partial charge in [-0.3, -0.25) is 18.9 Å². The average Bonchev–Trinajstić information content (AvgIpc) is 3.55. The topological polar surface area (TPSA) is 148 Å². The van der Waals surface area contributed by atoms with Gasteiger partial charge in [0.05, 0.1) is 33.9 Å². The number of nitrogens with zero attached hydrogens (tertiary/aromatic N) is 1. The standard InChI is InChI=1S/C48H84NO10P/c1-6-8-10-11-12-13-14-15-16-17-18-19-20-21-22-23-28-32-47(52)56-40-44(41-58-60(54,55)57-39-38-49(3,4)5)59-48(53)33-29-25-24-27-30-42-34-37-46(51)45(42)36-35-43(50)31-26-9-7-2/h15-16,24,27,34-37,42-45,50H,6-14,17-23,25-26,28-33,38-41H2,1-5H3/b16-15-,27-24-,36-35+/t42-,43-,44+,45+/m0/s1. The smallest absolute Gasteiger partial charge is 0.306 e. The van der Waals surface area contributed by atoms with Gasteiger partial charge in [-0.05, 0) is 69.8 Å². The molecule has 0 saturated heterocycles. The molecule has 1 aliphatic carbocycles. The van der Waals surface area contributed by atoms with Crippen molar-refractivity contribution in [3.8, 4) is 0 Å². The summed E-state index contributed by atoms with van der Waals surface area (Å²) in [4.78, 5) is 50.2. The van der Waals surface area contributed by atoms with E-state index in [0.717, 1.165) is 44.9 Å². The van der Waals surface area contributed by atoms with Gasteiger partial charge in [-0.25, -0.2) is 0 Å². The molecule has 0 aliphatic heterocycles. The fourth-order valence-electron chi connectivity index (χ4n) is 6.76. The van der Waals surface area contributed by atoms with Crippen molar-refractivity contribution in [1.82, 2.24) is 0 Å². The number of ketones is 1. The van der Waals surface area contributed by atoms with Gasteiger partial charge in [0.1, 0.15) is 19.8 Å². The van der Waals surface area contributed by atoms with Crippen molar-refractivity contribution >= 4 is 25.5 Å². The van der Waals surface area contributed by atoms with E-state index in [1.165, 1.54) is 64.2 Å². The Bertz CT molecular complexity index is 1310. The van der Waals surface area contributed by atoms with Crippen LogP contribution in [-0.4, -0.2) is 87.0 Å². The van der Waals surface area contributed by atoms with Crippen LogP contribution >= 0.6 is 7.82 Å². The highest BCUT2D eigenvalue weighted by molar-refractivity contribution is 7.45. The van der Waals surface area contributed by atoms with Crippen molar-refractivity contribution in [2.75, 3.05) is 47.5 Å². The van der Waals surface area contributed by atoms with Gasteiger partial charge in [-0.2, -0.15) is 0 Å². The number of ether oxygens (including phenoxy) is 2. The molecule has 346 valence electrons. The second-order valence-corrected chi connectivity index (χ2v) is 18.8. The first-order valence-electron chi connectivity index (χ1n) is 23.4. The van der Waals surface area contributed by atoms with Crippen LogP contribution in [0, 0.1) is 11.8 Å². The van der Waals surface area contributed by atoms with Crippen LogP contribution in [0.3, 0.4) is 0 Å². The van der Waals surface area contributed by atoms with Crippen LogP contribution in [0.15, 0.2) is 48.6 Å². The summed E-state index contributed by atoms with van der Waals surface area (Å²) < 4.78 is 33.9. The first-order valence-corrected chi connectivity index (χ1v) is 24.9. The van der Waals surface area contributed by atoms with Crippen LogP contribution < -0.4 is 4.89 Å². The number of unbranched alkanes of at least 4 members (excludes halogenated alkanes) is 16. The van der Waals surface area contributed by atoms with Gasteiger partial charge >= 0.3 is 11.9 Å². The number of quaternary nitrogens is 1. The first kappa shape index (κ1) is 55.6. The summed E-state index contributed by atoms with van der Waals surface area (Å²) in [5.74, 6) is -1.23. The molecule has 0 bridgehead atoms. The number of phosphoric acid groups is 1. The Morgan fingerprint density at radius 2 is 1.33 bits per heavy atom. The summed E-state index contributed by atoms with van der Waals surface area (Å²) in [7, 11) is 1.04. The number of aliphatic hydroxyl groups is 1. The maximum absolute atomic E-state index is 12.8. The van der Waals surface area contributed by atoms with Crippen LogP contribution in [0.5, 0.6) is 0 Å². The molecule has 0 amide bonds. The molecule has 1 rings (SSSR count). The van der Waals surface area contributed by atoms with Crippen molar-refractivity contribution in [3.05, 3.63) is 48.6 Å². The SMILES string of the molecule is CCCCCCCC/C=C\CCCCCCCCCC(=O)OC[C@H](COP(=O)([O-])OCC[N+](C)(C)C)OC(=O)CCC/C=C\C[C@H]1C=CC(=O)[C@@H]1/C=C/[C@@H](O)CCCCC. The van der Waals surface area contributed by atoms with E-state index in [9.17, 15) is 28.9 Å². The number of carbonyl (C=O) groups excluding carboxylic acids is 3. The Morgan fingerprint density at radius 3 is 1.98 bits per heavy atom. The van der Waals surface area contributed by atoms with Gasteiger partial charge in [0, 0.05) is 18.8 Å². The molecule has 1 unspecified atom stereocenters. The van der Waals surface area contributed by atoms with E-state index in [-0.39, 0.29) is 43.7 Å². The van der Waals surface area contributed by atoms with Gasteiger partial charge in [0.25, 0.3) is 7.82 Å². The molecule has 1 aliphatic rings. The third kappa shape index (κ3) is 32.3. The predicted octanol–water partition coefficient (Wildman–Crippen LogP) is 10.5. The quantitative estimate of drug-likeness (QED) is 0.0208. The third-order valence-corrected chi connectivity index (χ3v) is 11.5. The van der Waals surface area contributed by atoms with E-state index < -0.39 is 38.6 Å². The highest BCUT2D eigenvalue weighted by Crippen LogP contribution is 2.38. The fraction of sp³-hybridized carbons (Fsp3) is 0.771. The molecule has 0 saturated carbocycles. The maximum atomic E-state index is 12.8. The molecule has 0 fully saturated rings. The normalized spacial score (nSPS) is 17.9. The van der Waals surface area contributed by atoms with Crippen LogP contribution in [0.4, 0.5) is 0 Å². The van der Waals surface area contributed by atoms with Crippen molar-refractivity contribution in [3.63, 3.8) is 0 Å². The minimum Gasteiger partial charge on any atom is -0.756 e. The fourth-order valence-corrected chi connectivity index (χ4v) is 7.49. The molecule has 0 heterocycles. The molecular formula is C48H84NO10P. The van der Waals surface area contributed by atoms with E-state index in [4.69, 9.17) is 18.5 Å². The molecular weight excluding hydrogens is 781 g/mol. The Balaban J connectivity index is 2.44. The lowest BCUT2D eigenvalue weighted by Crippen LogP contribution is -2.37. The van der Waals surface area contributed by atoms with E-state index in [2.05, 4.69) is 26.0 Å². The number of hydrogen-bond acceptors (Lipinski definition) is 10. The monoisotopic (exact) mass is 866 g/mol. The van der Waals surface area contributed by atoms with Gasteiger partial charge in [-0.15, -0.1) is 0 Å². The lowest BCUT2D eigenvalue weighted by molar-refractivity contribution is -0.870. The third-order valence-electron chi connectivity index (χ3n) is 10.6. The lowest BCUT2D eigenvalue weighted by Gasteiger charge is -2.28. The zero-order valence-corrected chi connectivity index (χ0v) is 39.1. The summed E-state index contributed by atoms with van der Waals surface area (Å²) >= 11 is 0. The number of hydrogen-bond donors (Lipinski definition) is 1. The summed E-state index contributed by atoms with van der Waals surface area (Å²) in [6, 6.07) is 0. The highest BCUT2D eigenvalue weighted by Gasteiger charge is 2.27. The molecule has 0 aromatic rings. The predicted molar refractivity (Wildman–Crippen MR) is 240 cm³/mol. The van der Waals surface area contributed by atoms with Crippen LogP contribution in [0.1, 0.15) is 168 Å². The maximum Gasteiger partial charge on any atom is 0.306 e. The Morgan fingerprint density at radius 1 is 0.767 bits per heavy atom. The van der Waals surface area contributed by atoms with Gasteiger partial charge in [0.2, 0.25) is 0 Å². The van der Waals surface area contributed by atoms with Crippen molar-refractivity contribution in [1.29, 1.82) is 0 Å². The molecule has 0 spiro atoms. The number of likely N-dealkylation sites (N-methyl/N-ethyl adjacent to an activating group) is 1. The minimum absolute atomic E-state index is 0.0155. The van der Waals surface area contributed by atoms with E-state index in [1.807, 2.05) is 45.4 Å². The summed E-state index contributed by atoms with van der Waals surface area (Å²) in [6.45, 7) is 3.88. The number of allylic oxidation sites excluding steroid dienone is 7. The zero-order chi connectivity index (χ0) is 44.3. The lowest BCUT2D eigenvalue weighted by atomic mass is 9.90. The van der Waals surface area contributed by atoms with Crippen LogP contribution in [-0.2, 0) is 37.5 Å². The molecule has 12 heteroatoms. The largest absolute Gasteiger partial charge is 0.756 e. The molecule has 0 aromatic carbocycles. The van der Waals surface area contributed by atoms with E-state index >= 15 is 0 Å². The number of phosphoric ester groups is 1. The molecule has 1 N–H and O–H groups in total. The van der Waals surface area contributed by atoms with E-state index in [1.54, 1.807) is 12.2 Å². The zero-order valence-electron chi connectivity index (χ0n) is 38.2. The molecule has 0 radical (unpaired) electrons. The minimum atomic E-state index is -4.69. The first-order chi connectivity index (χ1) is 28.8. The van der Waals surface area contributed by atoms with Crippen molar-refractivity contribution < 1.29 is 52.0 Å². The number of carbonyl (C=O) groups is 3. The number of aliphatic hydroxyl groups excluding tert-OH is 1. The summed E-state index contributed by atoms with van der Waals surface area (Å²) in [5, 5.41) is 10.2. The average molecular weight is 866 g/mol. The summed E-state index contributed by atoms with van der Waals surface area (Å²) in [5.41, 5.74) is 0.